The third-order valence-electron chi connectivity index (χ3n) is 1.72. The SMILES string of the molecule is CCOC(=O)CCC(=O)CCCSC. The van der Waals surface area contributed by atoms with Crippen LogP contribution in [0.4, 0.5) is 0 Å². The van der Waals surface area contributed by atoms with E-state index in [9.17, 15) is 9.59 Å². The zero-order chi connectivity index (χ0) is 10.8. The van der Waals surface area contributed by atoms with Crippen molar-refractivity contribution in [1.29, 1.82) is 0 Å². The summed E-state index contributed by atoms with van der Waals surface area (Å²) in [7, 11) is 0. The van der Waals surface area contributed by atoms with E-state index in [-0.39, 0.29) is 18.2 Å². The maximum absolute atomic E-state index is 11.2. The minimum atomic E-state index is -0.272. The molecule has 0 saturated heterocycles. The molecule has 0 spiro atoms. The van der Waals surface area contributed by atoms with Gasteiger partial charge in [-0.1, -0.05) is 0 Å². The van der Waals surface area contributed by atoms with E-state index in [0.29, 0.717) is 19.4 Å². The van der Waals surface area contributed by atoms with Crippen LogP contribution < -0.4 is 0 Å². The Morgan fingerprint density at radius 1 is 1.21 bits per heavy atom. The van der Waals surface area contributed by atoms with Crippen molar-refractivity contribution in [2.24, 2.45) is 0 Å². The fourth-order valence-electron chi connectivity index (χ4n) is 1.01. The number of thioether (sulfide) groups is 1. The van der Waals surface area contributed by atoms with Crippen LogP contribution in [0.15, 0.2) is 0 Å². The number of esters is 1. The van der Waals surface area contributed by atoms with Gasteiger partial charge >= 0.3 is 5.97 Å². The predicted octanol–water partition coefficient (Wildman–Crippen LogP) is 2.04. The van der Waals surface area contributed by atoms with Crippen LogP contribution in [0, 0.1) is 0 Å². The average molecular weight is 218 g/mol. The Kier molecular flexibility index (Phi) is 8.73. The number of carbonyl (C=O) groups is 2. The maximum atomic E-state index is 11.2. The van der Waals surface area contributed by atoms with Crippen LogP contribution in [0.2, 0.25) is 0 Å². The first-order chi connectivity index (χ1) is 6.70. The zero-order valence-electron chi connectivity index (χ0n) is 8.88. The summed E-state index contributed by atoms with van der Waals surface area (Å²) in [6.07, 6.45) is 4.06. The van der Waals surface area contributed by atoms with Crippen LogP contribution >= 0.6 is 11.8 Å². The molecule has 0 saturated carbocycles. The van der Waals surface area contributed by atoms with Crippen molar-refractivity contribution in [1.82, 2.24) is 0 Å². The second-order valence-electron chi connectivity index (χ2n) is 2.94. The highest BCUT2D eigenvalue weighted by Crippen LogP contribution is 2.04. The van der Waals surface area contributed by atoms with Crippen molar-refractivity contribution in [3.63, 3.8) is 0 Å². The first-order valence-corrected chi connectivity index (χ1v) is 6.26. The molecule has 0 aliphatic rings. The topological polar surface area (TPSA) is 43.4 Å². The van der Waals surface area contributed by atoms with Gasteiger partial charge in [-0.05, 0) is 25.4 Å². The fraction of sp³-hybridized carbons (Fsp3) is 0.800. The molecule has 0 N–H and O–H groups in total. The van der Waals surface area contributed by atoms with Gasteiger partial charge in [0.2, 0.25) is 0 Å². The standard InChI is InChI=1S/C10H18O3S/c1-3-13-10(12)7-6-9(11)5-4-8-14-2/h3-8H2,1-2H3. The summed E-state index contributed by atoms with van der Waals surface area (Å²) < 4.78 is 4.72. The van der Waals surface area contributed by atoms with Gasteiger partial charge in [-0.3, -0.25) is 9.59 Å². The van der Waals surface area contributed by atoms with E-state index < -0.39 is 0 Å². The molecule has 0 bridgehead atoms. The van der Waals surface area contributed by atoms with Crippen LogP contribution in [-0.4, -0.2) is 30.4 Å². The molecule has 14 heavy (non-hydrogen) atoms. The van der Waals surface area contributed by atoms with E-state index in [1.807, 2.05) is 6.26 Å². The normalized spacial score (nSPS) is 9.86. The second-order valence-corrected chi connectivity index (χ2v) is 3.93. The second kappa shape index (κ2) is 9.06. The molecule has 0 rings (SSSR count). The van der Waals surface area contributed by atoms with Gasteiger partial charge in [-0.2, -0.15) is 11.8 Å². The Hall–Kier alpha value is -0.510. The minimum Gasteiger partial charge on any atom is -0.466 e. The largest absolute Gasteiger partial charge is 0.466 e. The molecule has 0 aromatic heterocycles. The predicted molar refractivity (Wildman–Crippen MR) is 58.5 cm³/mol. The lowest BCUT2D eigenvalue weighted by molar-refractivity contribution is -0.144. The summed E-state index contributed by atoms with van der Waals surface area (Å²) in [5, 5.41) is 0. The minimum absolute atomic E-state index is 0.159. The molecule has 0 aliphatic heterocycles. The van der Waals surface area contributed by atoms with Crippen LogP contribution in [0.5, 0.6) is 0 Å². The Labute approximate surface area is 89.6 Å². The Bertz CT molecular complexity index is 180. The Morgan fingerprint density at radius 2 is 1.93 bits per heavy atom. The third kappa shape index (κ3) is 8.10. The Balaban J connectivity index is 3.39. The number of hydrogen-bond donors (Lipinski definition) is 0. The van der Waals surface area contributed by atoms with E-state index in [4.69, 9.17) is 4.74 Å². The molecule has 0 fully saturated rings. The van der Waals surface area contributed by atoms with Crippen molar-refractivity contribution in [3.05, 3.63) is 0 Å². The molecule has 82 valence electrons. The number of carbonyl (C=O) groups excluding carboxylic acids is 2. The van der Waals surface area contributed by atoms with Crippen LogP contribution in [0.3, 0.4) is 0 Å². The van der Waals surface area contributed by atoms with Crippen LogP contribution in [0.1, 0.15) is 32.6 Å². The molecule has 0 atom stereocenters. The summed E-state index contributed by atoms with van der Waals surface area (Å²) >= 11 is 1.73. The molecule has 0 amide bonds. The molecule has 0 aliphatic carbocycles. The van der Waals surface area contributed by atoms with Gasteiger partial charge in [0.05, 0.1) is 13.0 Å². The van der Waals surface area contributed by atoms with Crippen molar-refractivity contribution in [2.45, 2.75) is 32.6 Å². The van der Waals surface area contributed by atoms with Gasteiger partial charge in [-0.25, -0.2) is 0 Å². The molecule has 0 heterocycles. The van der Waals surface area contributed by atoms with E-state index in [2.05, 4.69) is 0 Å². The molecule has 0 unspecified atom stereocenters. The highest BCUT2D eigenvalue weighted by molar-refractivity contribution is 7.98. The van der Waals surface area contributed by atoms with Gasteiger partial charge in [0.15, 0.2) is 0 Å². The molecular formula is C10H18O3S. The number of ketones is 1. The zero-order valence-corrected chi connectivity index (χ0v) is 9.69. The van der Waals surface area contributed by atoms with Crippen LogP contribution in [-0.2, 0) is 14.3 Å². The van der Waals surface area contributed by atoms with Crippen molar-refractivity contribution in [2.75, 3.05) is 18.6 Å². The van der Waals surface area contributed by atoms with E-state index in [1.54, 1.807) is 18.7 Å². The summed E-state index contributed by atoms with van der Waals surface area (Å²) in [6, 6.07) is 0. The smallest absolute Gasteiger partial charge is 0.306 e. The van der Waals surface area contributed by atoms with Gasteiger partial charge in [-0.15, -0.1) is 0 Å². The first-order valence-electron chi connectivity index (χ1n) is 4.87. The number of hydrogen-bond acceptors (Lipinski definition) is 4. The molecule has 4 heteroatoms. The van der Waals surface area contributed by atoms with Gasteiger partial charge < -0.3 is 4.74 Å². The maximum Gasteiger partial charge on any atom is 0.306 e. The molecule has 3 nitrogen and oxygen atoms in total. The highest BCUT2D eigenvalue weighted by atomic mass is 32.2. The average Bonchev–Trinajstić information content (AvgIpc) is 2.16. The van der Waals surface area contributed by atoms with Crippen LogP contribution in [0.25, 0.3) is 0 Å². The van der Waals surface area contributed by atoms with Gasteiger partial charge in [0.1, 0.15) is 5.78 Å². The summed E-state index contributed by atoms with van der Waals surface area (Å²) in [4.78, 5) is 22.1. The number of rotatable bonds is 8. The molecular weight excluding hydrogens is 200 g/mol. The molecule has 0 aromatic carbocycles. The lowest BCUT2D eigenvalue weighted by atomic mass is 10.1. The molecule has 0 aromatic rings. The summed E-state index contributed by atoms with van der Waals surface area (Å²) in [6.45, 7) is 2.15. The lowest BCUT2D eigenvalue weighted by Crippen LogP contribution is -2.07. The van der Waals surface area contributed by atoms with Gasteiger partial charge in [0.25, 0.3) is 0 Å². The quantitative estimate of drug-likeness (QED) is 0.462. The van der Waals surface area contributed by atoms with E-state index >= 15 is 0 Å². The van der Waals surface area contributed by atoms with Crippen molar-refractivity contribution in [3.8, 4) is 0 Å². The highest BCUT2D eigenvalue weighted by Gasteiger charge is 2.06. The molecule has 0 radical (unpaired) electrons. The van der Waals surface area contributed by atoms with Crippen molar-refractivity contribution >= 4 is 23.5 Å². The third-order valence-corrected chi connectivity index (χ3v) is 2.41. The van der Waals surface area contributed by atoms with E-state index in [0.717, 1.165) is 12.2 Å². The lowest BCUT2D eigenvalue weighted by Gasteiger charge is -2.01. The van der Waals surface area contributed by atoms with Gasteiger partial charge in [0, 0.05) is 12.8 Å². The monoisotopic (exact) mass is 218 g/mol. The number of Topliss-reactive ketones (excluding diaryl/α,β-unsaturated/α-hetero) is 1. The van der Waals surface area contributed by atoms with Crippen molar-refractivity contribution < 1.29 is 14.3 Å². The number of ether oxygens (including phenoxy) is 1. The fourth-order valence-corrected chi connectivity index (χ4v) is 1.45. The summed E-state index contributed by atoms with van der Waals surface area (Å²) in [5.74, 6) is 0.892. The summed E-state index contributed by atoms with van der Waals surface area (Å²) in [5.41, 5.74) is 0. The van der Waals surface area contributed by atoms with E-state index in [1.165, 1.54) is 0 Å². The first kappa shape index (κ1) is 13.5. The Morgan fingerprint density at radius 3 is 2.50 bits per heavy atom.